The first-order valence-electron chi connectivity index (χ1n) is 14.6. The van der Waals surface area contributed by atoms with E-state index in [-0.39, 0.29) is 44.0 Å². The van der Waals surface area contributed by atoms with Gasteiger partial charge in [-0.1, -0.05) is 96.1 Å². The number of rotatable bonds is 13. The number of carbonyl (C=O) groups is 2. The second-order valence-electron chi connectivity index (χ2n) is 10.9. The maximum absolute atomic E-state index is 13.0. The molecule has 0 N–H and O–H groups in total. The number of ketones is 1. The second kappa shape index (κ2) is 14.2. The lowest BCUT2D eigenvalue weighted by Crippen LogP contribution is -2.41. The molecule has 0 aliphatic carbocycles. The highest BCUT2D eigenvalue weighted by Crippen LogP contribution is 2.41. The Morgan fingerprint density at radius 3 is 2.04 bits per heavy atom. The Kier molecular flexibility index (Phi) is 10.1. The van der Waals surface area contributed by atoms with Gasteiger partial charge in [0.05, 0.1) is 18.8 Å². The van der Waals surface area contributed by atoms with E-state index in [1.165, 1.54) is 11.1 Å². The average Bonchev–Trinajstić information content (AvgIpc) is 3.44. The Labute approximate surface area is 262 Å². The quantitative estimate of drug-likeness (QED) is 0.0478. The van der Waals surface area contributed by atoms with Crippen molar-refractivity contribution < 1.29 is 31.7 Å². The van der Waals surface area contributed by atoms with Gasteiger partial charge in [0.1, 0.15) is 24.0 Å². The summed E-state index contributed by atoms with van der Waals surface area (Å²) in [6.07, 6.45) is -1.53. The number of ether oxygens (including phenoxy) is 2. The minimum atomic E-state index is -4.07. The van der Waals surface area contributed by atoms with Crippen molar-refractivity contribution in [3.05, 3.63) is 130 Å². The molecule has 0 aromatic heterocycles. The van der Waals surface area contributed by atoms with Crippen molar-refractivity contribution in [2.24, 2.45) is 5.11 Å². The molecular weight excluding hydrogens is 596 g/mol. The number of hydrogen-bond acceptors (Lipinski definition) is 8. The van der Waals surface area contributed by atoms with Crippen LogP contribution in [-0.2, 0) is 39.0 Å². The van der Waals surface area contributed by atoms with Crippen molar-refractivity contribution in [1.82, 2.24) is 4.90 Å². The zero-order valence-electron chi connectivity index (χ0n) is 24.8. The second-order valence-corrected chi connectivity index (χ2v) is 12.6. The predicted molar refractivity (Wildman–Crippen MR) is 166 cm³/mol. The van der Waals surface area contributed by atoms with Crippen LogP contribution in [0.2, 0.25) is 0 Å². The molecule has 3 aromatic rings. The van der Waals surface area contributed by atoms with E-state index in [1.54, 1.807) is 6.92 Å². The fourth-order valence-electron chi connectivity index (χ4n) is 5.66. The summed E-state index contributed by atoms with van der Waals surface area (Å²) < 4.78 is 44.9. The Morgan fingerprint density at radius 2 is 1.51 bits per heavy atom. The van der Waals surface area contributed by atoms with Crippen LogP contribution in [0.25, 0.3) is 10.4 Å². The molecule has 3 atom stereocenters. The van der Waals surface area contributed by atoms with Gasteiger partial charge < -0.3 is 9.47 Å². The molecule has 0 unspecified atom stereocenters. The fraction of sp³-hybridized carbons (Fsp3) is 0.333. The van der Waals surface area contributed by atoms with Crippen LogP contribution in [0, 0.1) is 0 Å². The SMILES string of the molecule is CC1=CN([C@H]2C[C@@H](OS(=O)(=O)CCCN=[N+]=[N-])[C@@H](COC(c3ccccc3)(c3ccccc3)c3ccccc3)O2)C(=O)CC1=O. The number of amides is 1. The van der Waals surface area contributed by atoms with E-state index in [0.29, 0.717) is 5.57 Å². The van der Waals surface area contributed by atoms with Crippen molar-refractivity contribution in [2.75, 3.05) is 18.9 Å². The number of nitrogens with zero attached hydrogens (tertiary/aromatic N) is 4. The molecule has 0 saturated carbocycles. The van der Waals surface area contributed by atoms with Gasteiger partial charge in [-0.3, -0.25) is 18.7 Å². The van der Waals surface area contributed by atoms with Crippen molar-refractivity contribution in [3.8, 4) is 0 Å². The average molecular weight is 631 g/mol. The molecule has 234 valence electrons. The molecule has 0 bridgehead atoms. The third-order valence-electron chi connectivity index (χ3n) is 7.85. The fourth-order valence-corrected chi connectivity index (χ4v) is 6.81. The highest BCUT2D eigenvalue weighted by atomic mass is 32.2. The van der Waals surface area contributed by atoms with Crippen LogP contribution < -0.4 is 0 Å². The van der Waals surface area contributed by atoms with Gasteiger partial charge in [0, 0.05) is 29.7 Å². The highest BCUT2D eigenvalue weighted by Gasteiger charge is 2.46. The number of benzene rings is 3. The number of allylic oxidation sites excluding steroid dienone is 1. The van der Waals surface area contributed by atoms with Gasteiger partial charge in [-0.25, -0.2) is 0 Å². The number of hydrogen-bond donors (Lipinski definition) is 0. The summed E-state index contributed by atoms with van der Waals surface area (Å²) in [6, 6.07) is 29.1. The predicted octanol–water partition coefficient (Wildman–Crippen LogP) is 5.23. The van der Waals surface area contributed by atoms with Crippen LogP contribution in [0.4, 0.5) is 0 Å². The molecule has 2 aliphatic heterocycles. The summed E-state index contributed by atoms with van der Waals surface area (Å²) in [5, 5.41) is 3.40. The van der Waals surface area contributed by atoms with Crippen LogP contribution in [-0.4, -0.2) is 62.3 Å². The normalized spacial score (nSPS) is 20.5. The van der Waals surface area contributed by atoms with E-state index >= 15 is 0 Å². The summed E-state index contributed by atoms with van der Waals surface area (Å²) in [5.41, 5.74) is 10.4. The van der Waals surface area contributed by atoms with Gasteiger partial charge in [-0.2, -0.15) is 8.42 Å². The third-order valence-corrected chi connectivity index (χ3v) is 9.18. The van der Waals surface area contributed by atoms with Gasteiger partial charge in [0.25, 0.3) is 10.1 Å². The molecule has 11 nitrogen and oxygen atoms in total. The van der Waals surface area contributed by atoms with Crippen molar-refractivity contribution in [1.29, 1.82) is 0 Å². The Balaban J connectivity index is 1.50. The molecule has 5 rings (SSSR count). The van der Waals surface area contributed by atoms with Crippen LogP contribution in [0.5, 0.6) is 0 Å². The van der Waals surface area contributed by atoms with Crippen molar-refractivity contribution in [2.45, 2.75) is 50.2 Å². The molecule has 0 spiro atoms. The van der Waals surface area contributed by atoms with Gasteiger partial charge in [-0.05, 0) is 35.6 Å². The first kappa shape index (κ1) is 32.1. The monoisotopic (exact) mass is 630 g/mol. The van der Waals surface area contributed by atoms with Crippen LogP contribution >= 0.6 is 0 Å². The smallest absolute Gasteiger partial charge is 0.267 e. The molecule has 0 radical (unpaired) electrons. The molecule has 1 amide bonds. The van der Waals surface area contributed by atoms with E-state index in [9.17, 15) is 18.0 Å². The molecule has 2 heterocycles. The minimum Gasteiger partial charge on any atom is -0.358 e. The molecule has 3 aromatic carbocycles. The molecular formula is C33H34N4O7S. The van der Waals surface area contributed by atoms with E-state index in [4.69, 9.17) is 19.2 Å². The zero-order chi connectivity index (χ0) is 31.9. The van der Waals surface area contributed by atoms with E-state index < -0.39 is 40.1 Å². The zero-order valence-corrected chi connectivity index (χ0v) is 25.6. The summed E-state index contributed by atoms with van der Waals surface area (Å²) in [6.45, 7) is 1.52. The van der Waals surface area contributed by atoms with Crippen molar-refractivity contribution >= 4 is 21.8 Å². The number of Topliss-reactive ketones (excluding diaryl/α,β-unsaturated/α-hetero) is 1. The van der Waals surface area contributed by atoms with Gasteiger partial charge in [0.15, 0.2) is 5.78 Å². The Bertz CT molecular complexity index is 1580. The first-order valence-corrected chi connectivity index (χ1v) is 16.2. The molecule has 45 heavy (non-hydrogen) atoms. The summed E-state index contributed by atoms with van der Waals surface area (Å²) in [7, 11) is -4.07. The van der Waals surface area contributed by atoms with Crippen LogP contribution in [0.1, 0.15) is 42.9 Å². The van der Waals surface area contributed by atoms with Crippen LogP contribution in [0.3, 0.4) is 0 Å². The summed E-state index contributed by atoms with van der Waals surface area (Å²) in [5.74, 6) is -1.08. The highest BCUT2D eigenvalue weighted by molar-refractivity contribution is 7.86. The first-order chi connectivity index (χ1) is 21.7. The lowest BCUT2D eigenvalue weighted by Gasteiger charge is -2.37. The summed E-state index contributed by atoms with van der Waals surface area (Å²) >= 11 is 0. The third kappa shape index (κ3) is 7.33. The van der Waals surface area contributed by atoms with E-state index in [2.05, 4.69) is 10.0 Å². The van der Waals surface area contributed by atoms with Crippen LogP contribution in [0.15, 0.2) is 108 Å². The summed E-state index contributed by atoms with van der Waals surface area (Å²) in [4.78, 5) is 29.0. The topological polar surface area (TPSA) is 148 Å². The van der Waals surface area contributed by atoms with E-state index in [0.717, 1.165) is 16.7 Å². The lowest BCUT2D eigenvalue weighted by molar-refractivity contribution is -0.147. The number of carbonyl (C=O) groups excluding carboxylic acids is 2. The lowest BCUT2D eigenvalue weighted by atomic mass is 9.80. The van der Waals surface area contributed by atoms with E-state index in [1.807, 2.05) is 91.0 Å². The minimum absolute atomic E-state index is 0.00352. The Morgan fingerprint density at radius 1 is 0.956 bits per heavy atom. The maximum atomic E-state index is 13.0. The van der Waals surface area contributed by atoms with Crippen molar-refractivity contribution in [3.63, 3.8) is 0 Å². The maximum Gasteiger partial charge on any atom is 0.267 e. The molecule has 1 fully saturated rings. The van der Waals surface area contributed by atoms with Gasteiger partial charge >= 0.3 is 0 Å². The van der Waals surface area contributed by atoms with Gasteiger partial charge in [0.2, 0.25) is 5.91 Å². The molecule has 1 saturated heterocycles. The van der Waals surface area contributed by atoms with Gasteiger partial charge in [-0.15, -0.1) is 0 Å². The molecule has 2 aliphatic rings. The Hall–Kier alpha value is -4.32. The number of azide groups is 1. The standard InChI is InChI=1S/C33H34N4O7S/c1-24-22-37(31(39)20-28(24)38)32-21-29(44-45(40,41)19-11-18-35-36-34)30(43-32)23-42-33(25-12-5-2-6-13-25,26-14-7-3-8-15-26)27-16-9-4-10-17-27/h2-10,12-17,22,29-30,32H,11,18-21,23H2,1H3/t29-,30-,32-/m1/s1. The largest absolute Gasteiger partial charge is 0.358 e. The molecule has 12 heteroatoms.